The Labute approximate surface area is 84.6 Å². The van der Waals surface area contributed by atoms with Gasteiger partial charge in [0, 0.05) is 6.04 Å². The normalized spacial score (nSPS) is 33.2. The fraction of sp³-hybridized carbons (Fsp3) is 0.500. The Hall–Kier alpha value is -1.22. The zero-order chi connectivity index (χ0) is 9.80. The van der Waals surface area contributed by atoms with Crippen molar-refractivity contribution in [3.8, 4) is 23.7 Å². The van der Waals surface area contributed by atoms with Crippen molar-refractivity contribution in [2.45, 2.75) is 25.0 Å². The van der Waals surface area contributed by atoms with E-state index in [1.165, 1.54) is 0 Å². The third-order valence-corrected chi connectivity index (χ3v) is 2.64. The quantitative estimate of drug-likeness (QED) is 0.554. The van der Waals surface area contributed by atoms with Crippen LogP contribution in [-0.4, -0.2) is 35.2 Å². The van der Waals surface area contributed by atoms with Gasteiger partial charge in [-0.25, -0.2) is 0 Å². The summed E-state index contributed by atoms with van der Waals surface area (Å²) in [6.45, 7) is 1.77. The van der Waals surface area contributed by atoms with Crippen molar-refractivity contribution in [2.75, 3.05) is 13.1 Å². The molecule has 0 radical (unpaired) electrons. The highest BCUT2D eigenvalue weighted by atomic mass is 16.3. The van der Waals surface area contributed by atoms with Crippen LogP contribution in [0.1, 0.15) is 12.8 Å². The van der Waals surface area contributed by atoms with Gasteiger partial charge in [0.15, 0.2) is 0 Å². The number of hydrogen-bond donors (Lipinski definition) is 1. The molecule has 2 nitrogen and oxygen atoms in total. The Bertz CT molecular complexity index is 350. The third kappa shape index (κ3) is 1.99. The van der Waals surface area contributed by atoms with Gasteiger partial charge in [-0.05, 0) is 31.5 Å². The van der Waals surface area contributed by atoms with E-state index >= 15 is 0 Å². The van der Waals surface area contributed by atoms with Crippen LogP contribution in [0.2, 0.25) is 0 Å². The van der Waals surface area contributed by atoms with Crippen LogP contribution in [0, 0.1) is 23.7 Å². The van der Waals surface area contributed by atoms with E-state index in [1.807, 2.05) is 0 Å². The molecule has 72 valence electrons. The van der Waals surface area contributed by atoms with Crippen molar-refractivity contribution < 1.29 is 5.11 Å². The minimum atomic E-state index is -0.526. The first-order valence-electron chi connectivity index (χ1n) is 4.94. The Balaban J connectivity index is 2.20. The maximum atomic E-state index is 9.80. The third-order valence-electron chi connectivity index (χ3n) is 2.64. The predicted octanol–water partition coefficient (Wildman–Crippen LogP) is 0.388. The second kappa shape index (κ2) is 4.33. The molecule has 1 N–H and O–H groups in total. The van der Waals surface area contributed by atoms with E-state index in [0.29, 0.717) is 0 Å². The van der Waals surface area contributed by atoms with Gasteiger partial charge in [-0.15, -0.1) is 0 Å². The summed E-state index contributed by atoms with van der Waals surface area (Å²) in [6.07, 6.45) is 5.07. The molecular formula is C12H13NO. The van der Waals surface area contributed by atoms with Crippen LogP contribution in [0.25, 0.3) is 0 Å². The fourth-order valence-electron chi connectivity index (χ4n) is 1.92. The SMILES string of the molecule is OC1C#C/C=C\C#CCN2CCCC12. The average molecular weight is 187 g/mol. The summed E-state index contributed by atoms with van der Waals surface area (Å²) < 4.78 is 0. The van der Waals surface area contributed by atoms with Gasteiger partial charge in [-0.3, -0.25) is 4.90 Å². The molecule has 0 saturated carbocycles. The summed E-state index contributed by atoms with van der Waals surface area (Å²) in [6, 6.07) is 0.184. The Morgan fingerprint density at radius 2 is 2.14 bits per heavy atom. The number of fused-ring (bicyclic) bond motifs is 1. The number of aliphatic hydroxyl groups is 1. The van der Waals surface area contributed by atoms with E-state index in [9.17, 15) is 5.11 Å². The van der Waals surface area contributed by atoms with Gasteiger partial charge >= 0.3 is 0 Å². The number of hydrogen-bond acceptors (Lipinski definition) is 2. The lowest BCUT2D eigenvalue weighted by Crippen LogP contribution is -2.38. The summed E-state index contributed by atoms with van der Waals surface area (Å²) in [5, 5.41) is 9.80. The highest BCUT2D eigenvalue weighted by molar-refractivity contribution is 5.28. The van der Waals surface area contributed by atoms with Gasteiger partial charge in [-0.1, -0.05) is 23.7 Å². The van der Waals surface area contributed by atoms with E-state index < -0.39 is 6.10 Å². The second-order valence-electron chi connectivity index (χ2n) is 3.57. The molecule has 1 saturated heterocycles. The van der Waals surface area contributed by atoms with Crippen molar-refractivity contribution in [1.29, 1.82) is 0 Å². The Kier molecular flexibility index (Phi) is 2.89. The van der Waals surface area contributed by atoms with E-state index in [4.69, 9.17) is 0 Å². The molecule has 0 spiro atoms. The molecule has 2 rings (SSSR count). The summed E-state index contributed by atoms with van der Waals surface area (Å²) >= 11 is 0. The lowest BCUT2D eigenvalue weighted by molar-refractivity contribution is 0.122. The first-order chi connectivity index (χ1) is 6.88. The van der Waals surface area contributed by atoms with Gasteiger partial charge in [0.05, 0.1) is 6.54 Å². The number of nitrogens with zero attached hydrogens (tertiary/aromatic N) is 1. The van der Waals surface area contributed by atoms with E-state index in [2.05, 4.69) is 28.6 Å². The average Bonchev–Trinajstić information content (AvgIpc) is 2.64. The van der Waals surface area contributed by atoms with Crippen LogP contribution in [-0.2, 0) is 0 Å². The lowest BCUT2D eigenvalue weighted by Gasteiger charge is -2.23. The van der Waals surface area contributed by atoms with Gasteiger partial charge in [-0.2, -0.15) is 0 Å². The molecular weight excluding hydrogens is 174 g/mol. The summed E-state index contributed by atoms with van der Waals surface area (Å²) in [4.78, 5) is 2.21. The van der Waals surface area contributed by atoms with Crippen LogP contribution in [0.3, 0.4) is 0 Å². The van der Waals surface area contributed by atoms with Crippen LogP contribution in [0.4, 0.5) is 0 Å². The zero-order valence-corrected chi connectivity index (χ0v) is 8.03. The summed E-state index contributed by atoms with van der Waals surface area (Å²) in [5.41, 5.74) is 0. The molecule has 0 aromatic rings. The molecule has 0 aliphatic carbocycles. The summed E-state index contributed by atoms with van der Waals surface area (Å²) in [7, 11) is 0. The molecule has 2 unspecified atom stereocenters. The number of aliphatic hydroxyl groups excluding tert-OH is 1. The molecule has 2 aliphatic rings. The maximum absolute atomic E-state index is 9.80. The smallest absolute Gasteiger partial charge is 0.130 e. The summed E-state index contributed by atoms with van der Waals surface area (Å²) in [5.74, 6) is 11.6. The lowest BCUT2D eigenvalue weighted by atomic mass is 10.1. The largest absolute Gasteiger partial charge is 0.379 e. The molecule has 0 amide bonds. The molecule has 2 aliphatic heterocycles. The first-order valence-corrected chi connectivity index (χ1v) is 4.94. The monoisotopic (exact) mass is 187 g/mol. The fourth-order valence-corrected chi connectivity index (χ4v) is 1.92. The second-order valence-corrected chi connectivity index (χ2v) is 3.57. The Morgan fingerprint density at radius 3 is 3.07 bits per heavy atom. The molecule has 2 heteroatoms. The minimum Gasteiger partial charge on any atom is -0.379 e. The van der Waals surface area contributed by atoms with Crippen LogP contribution in [0.5, 0.6) is 0 Å². The predicted molar refractivity (Wildman–Crippen MR) is 55.3 cm³/mol. The van der Waals surface area contributed by atoms with Crippen molar-refractivity contribution in [2.24, 2.45) is 0 Å². The van der Waals surface area contributed by atoms with Gasteiger partial charge in [0.25, 0.3) is 0 Å². The minimum absolute atomic E-state index is 0.184. The standard InChI is InChI=1S/C12H13NO/c14-12-8-4-2-1-3-5-9-13-10-6-7-11(12)13/h1-2,11-12,14H,6-7,9-10H2/b2-1-. The maximum Gasteiger partial charge on any atom is 0.130 e. The van der Waals surface area contributed by atoms with Crippen molar-refractivity contribution in [3.63, 3.8) is 0 Å². The molecule has 0 bridgehead atoms. The van der Waals surface area contributed by atoms with Gasteiger partial charge in [0.1, 0.15) is 6.10 Å². The van der Waals surface area contributed by atoms with Crippen molar-refractivity contribution in [3.05, 3.63) is 12.2 Å². The highest BCUT2D eigenvalue weighted by Crippen LogP contribution is 2.19. The molecule has 14 heavy (non-hydrogen) atoms. The van der Waals surface area contributed by atoms with Crippen LogP contribution >= 0.6 is 0 Å². The Morgan fingerprint density at radius 1 is 1.29 bits per heavy atom. The van der Waals surface area contributed by atoms with E-state index in [1.54, 1.807) is 12.2 Å². The van der Waals surface area contributed by atoms with Gasteiger partial charge in [0.2, 0.25) is 0 Å². The van der Waals surface area contributed by atoms with Crippen molar-refractivity contribution in [1.82, 2.24) is 4.90 Å². The first kappa shape index (κ1) is 9.34. The molecule has 0 aromatic carbocycles. The number of rotatable bonds is 0. The molecule has 2 heterocycles. The number of allylic oxidation sites excluding steroid dienone is 2. The van der Waals surface area contributed by atoms with Gasteiger partial charge < -0.3 is 5.11 Å². The zero-order valence-electron chi connectivity index (χ0n) is 8.03. The molecule has 1 fully saturated rings. The van der Waals surface area contributed by atoms with Crippen LogP contribution < -0.4 is 0 Å². The molecule has 0 aromatic heterocycles. The van der Waals surface area contributed by atoms with E-state index in [0.717, 1.165) is 25.9 Å². The topological polar surface area (TPSA) is 23.5 Å². The van der Waals surface area contributed by atoms with E-state index in [-0.39, 0.29) is 6.04 Å². The highest BCUT2D eigenvalue weighted by Gasteiger charge is 2.28. The molecule has 2 atom stereocenters. The van der Waals surface area contributed by atoms with Crippen molar-refractivity contribution >= 4 is 0 Å². The van der Waals surface area contributed by atoms with Crippen LogP contribution in [0.15, 0.2) is 12.2 Å².